The van der Waals surface area contributed by atoms with E-state index in [0.29, 0.717) is 0 Å². The average molecular weight is 268 g/mol. The minimum Gasteiger partial charge on any atom is -0.354 e. The summed E-state index contributed by atoms with van der Waals surface area (Å²) in [6, 6.07) is 3.92. The van der Waals surface area contributed by atoms with Crippen molar-refractivity contribution < 1.29 is 4.74 Å². The molecule has 0 aliphatic carbocycles. The third-order valence-electron chi connectivity index (χ3n) is 2.34. The maximum atomic E-state index is 5.91. The van der Waals surface area contributed by atoms with Crippen molar-refractivity contribution in [1.82, 2.24) is 5.32 Å². The Kier molecular flexibility index (Phi) is 3.74. The molecule has 0 spiro atoms. The van der Waals surface area contributed by atoms with Crippen molar-refractivity contribution in [2.75, 3.05) is 6.61 Å². The Labute approximate surface area is 105 Å². The van der Waals surface area contributed by atoms with Gasteiger partial charge in [-0.15, -0.1) is 23.7 Å². The second-order valence-corrected chi connectivity index (χ2v) is 6.15. The number of ether oxygens (including phenoxy) is 1. The van der Waals surface area contributed by atoms with Crippen LogP contribution in [0.2, 0.25) is 4.34 Å². The Morgan fingerprint density at radius 3 is 2.47 bits per heavy atom. The molecule has 86 valence electrons. The van der Waals surface area contributed by atoms with Crippen LogP contribution >= 0.6 is 35.3 Å². The molecule has 0 radical (unpaired) electrons. The van der Waals surface area contributed by atoms with Crippen LogP contribution in [0.1, 0.15) is 25.6 Å². The lowest BCUT2D eigenvalue weighted by Gasteiger charge is -2.25. The first-order chi connectivity index (χ1) is 6.41. The number of halogens is 2. The van der Waals surface area contributed by atoms with Gasteiger partial charge in [0.15, 0.2) is 5.72 Å². The van der Waals surface area contributed by atoms with E-state index in [-0.39, 0.29) is 23.7 Å². The minimum absolute atomic E-state index is 0. The van der Waals surface area contributed by atoms with Crippen LogP contribution in [0.3, 0.4) is 0 Å². The van der Waals surface area contributed by atoms with Gasteiger partial charge in [0, 0.05) is 5.54 Å². The molecule has 1 unspecified atom stereocenters. The lowest BCUT2D eigenvalue weighted by atomic mass is 10.1. The maximum absolute atomic E-state index is 5.91. The SMILES string of the molecule is CC1(C)COC(C)(c2ccc(Cl)s2)N1.Cl. The highest BCUT2D eigenvalue weighted by Crippen LogP contribution is 2.37. The highest BCUT2D eigenvalue weighted by molar-refractivity contribution is 7.16. The summed E-state index contributed by atoms with van der Waals surface area (Å²) >= 11 is 7.47. The van der Waals surface area contributed by atoms with Crippen LogP contribution in [0.15, 0.2) is 12.1 Å². The van der Waals surface area contributed by atoms with Gasteiger partial charge in [0.1, 0.15) is 0 Å². The zero-order chi connectivity index (χ0) is 10.4. The van der Waals surface area contributed by atoms with Crippen molar-refractivity contribution in [1.29, 1.82) is 0 Å². The Hall–Kier alpha value is 0.200. The maximum Gasteiger partial charge on any atom is 0.152 e. The highest BCUT2D eigenvalue weighted by Gasteiger charge is 2.42. The van der Waals surface area contributed by atoms with Crippen LogP contribution in [-0.2, 0) is 10.5 Å². The van der Waals surface area contributed by atoms with Crippen LogP contribution in [0, 0.1) is 0 Å². The van der Waals surface area contributed by atoms with Crippen LogP contribution in [0.4, 0.5) is 0 Å². The summed E-state index contributed by atoms with van der Waals surface area (Å²) in [7, 11) is 0. The molecule has 1 saturated heterocycles. The normalized spacial score (nSPS) is 28.8. The third-order valence-corrected chi connectivity index (χ3v) is 3.78. The van der Waals surface area contributed by atoms with E-state index in [9.17, 15) is 0 Å². The summed E-state index contributed by atoms with van der Waals surface area (Å²) in [4.78, 5) is 1.13. The second kappa shape index (κ2) is 4.22. The van der Waals surface area contributed by atoms with Gasteiger partial charge in [0.2, 0.25) is 0 Å². The lowest BCUT2D eigenvalue weighted by Crippen LogP contribution is -2.44. The van der Waals surface area contributed by atoms with E-state index in [2.05, 4.69) is 19.2 Å². The molecule has 0 amide bonds. The molecule has 1 aliphatic rings. The molecule has 2 nitrogen and oxygen atoms in total. The molecule has 5 heteroatoms. The summed E-state index contributed by atoms with van der Waals surface area (Å²) in [5, 5.41) is 3.47. The predicted octanol–water partition coefficient (Wildman–Crippen LogP) is 3.39. The highest BCUT2D eigenvalue weighted by atomic mass is 35.5. The van der Waals surface area contributed by atoms with Gasteiger partial charge < -0.3 is 4.74 Å². The van der Waals surface area contributed by atoms with E-state index in [0.717, 1.165) is 15.8 Å². The molecule has 1 aromatic heterocycles. The molecule has 1 atom stereocenters. The molecule has 0 aromatic carbocycles. The molecule has 2 heterocycles. The number of hydrogen-bond donors (Lipinski definition) is 1. The molecule has 0 bridgehead atoms. The van der Waals surface area contributed by atoms with E-state index >= 15 is 0 Å². The zero-order valence-electron chi connectivity index (χ0n) is 8.96. The molecular weight excluding hydrogens is 253 g/mol. The number of nitrogens with one attached hydrogen (secondary N) is 1. The molecule has 1 N–H and O–H groups in total. The van der Waals surface area contributed by atoms with E-state index in [1.54, 1.807) is 11.3 Å². The number of rotatable bonds is 1. The fraction of sp³-hybridized carbons (Fsp3) is 0.600. The monoisotopic (exact) mass is 267 g/mol. The second-order valence-electron chi connectivity index (χ2n) is 4.43. The van der Waals surface area contributed by atoms with E-state index in [1.165, 1.54) is 0 Å². The fourth-order valence-corrected chi connectivity index (χ4v) is 2.85. The van der Waals surface area contributed by atoms with Gasteiger partial charge in [-0.25, -0.2) is 0 Å². The first-order valence-corrected chi connectivity index (χ1v) is 5.80. The van der Waals surface area contributed by atoms with E-state index in [1.807, 2.05) is 19.1 Å². The van der Waals surface area contributed by atoms with Crippen molar-refractivity contribution in [3.8, 4) is 0 Å². The van der Waals surface area contributed by atoms with Gasteiger partial charge in [-0.2, -0.15) is 0 Å². The summed E-state index contributed by atoms with van der Waals surface area (Å²) in [6.45, 7) is 7.03. The van der Waals surface area contributed by atoms with Crippen LogP contribution < -0.4 is 5.32 Å². The van der Waals surface area contributed by atoms with E-state index < -0.39 is 0 Å². The van der Waals surface area contributed by atoms with Gasteiger partial charge >= 0.3 is 0 Å². The van der Waals surface area contributed by atoms with Gasteiger partial charge in [-0.05, 0) is 32.9 Å². The number of thiophene rings is 1. The Balaban J connectivity index is 0.00000112. The summed E-state index contributed by atoms with van der Waals surface area (Å²) in [5.74, 6) is 0. The van der Waals surface area contributed by atoms with Gasteiger partial charge in [0.25, 0.3) is 0 Å². The molecule has 1 aromatic rings. The number of hydrogen-bond acceptors (Lipinski definition) is 3. The minimum atomic E-state index is -0.374. The summed E-state index contributed by atoms with van der Waals surface area (Å²) in [5.41, 5.74) is -0.341. The van der Waals surface area contributed by atoms with Crippen molar-refractivity contribution in [2.24, 2.45) is 0 Å². The third kappa shape index (κ3) is 2.66. The standard InChI is InChI=1S/C10H14ClNOS.ClH/c1-9(2)6-13-10(3,12-9)7-4-5-8(11)14-7;/h4-5,12H,6H2,1-3H3;1H. The summed E-state index contributed by atoms with van der Waals surface area (Å²) in [6.07, 6.45) is 0. The van der Waals surface area contributed by atoms with Crippen molar-refractivity contribution in [2.45, 2.75) is 32.0 Å². The Bertz CT molecular complexity index is 353. The predicted molar refractivity (Wildman–Crippen MR) is 67.1 cm³/mol. The Morgan fingerprint density at radius 1 is 1.40 bits per heavy atom. The molecule has 1 aliphatic heterocycles. The van der Waals surface area contributed by atoms with Crippen LogP contribution in [-0.4, -0.2) is 12.1 Å². The van der Waals surface area contributed by atoms with Gasteiger partial charge in [-0.3, -0.25) is 5.32 Å². The molecule has 15 heavy (non-hydrogen) atoms. The van der Waals surface area contributed by atoms with E-state index in [4.69, 9.17) is 16.3 Å². The molecule has 1 fully saturated rings. The lowest BCUT2D eigenvalue weighted by molar-refractivity contribution is 0.00530. The fourth-order valence-electron chi connectivity index (χ4n) is 1.75. The average Bonchev–Trinajstić information content (AvgIpc) is 2.57. The van der Waals surface area contributed by atoms with Gasteiger partial charge in [-0.1, -0.05) is 11.6 Å². The summed E-state index contributed by atoms with van der Waals surface area (Å²) < 4.78 is 6.60. The first-order valence-electron chi connectivity index (χ1n) is 4.60. The zero-order valence-corrected chi connectivity index (χ0v) is 11.4. The quantitative estimate of drug-likeness (QED) is 0.843. The smallest absolute Gasteiger partial charge is 0.152 e. The molecular formula is C10H15Cl2NOS. The molecule has 2 rings (SSSR count). The van der Waals surface area contributed by atoms with Crippen molar-refractivity contribution >= 4 is 35.3 Å². The Morgan fingerprint density at radius 2 is 2.07 bits per heavy atom. The first kappa shape index (κ1) is 13.3. The topological polar surface area (TPSA) is 21.3 Å². The van der Waals surface area contributed by atoms with Gasteiger partial charge in [0.05, 0.1) is 15.8 Å². The van der Waals surface area contributed by atoms with Crippen molar-refractivity contribution in [3.63, 3.8) is 0 Å². The van der Waals surface area contributed by atoms with Crippen LogP contribution in [0.5, 0.6) is 0 Å². The largest absolute Gasteiger partial charge is 0.354 e. The van der Waals surface area contributed by atoms with Crippen molar-refractivity contribution in [3.05, 3.63) is 21.3 Å². The molecule has 0 saturated carbocycles. The van der Waals surface area contributed by atoms with Crippen LogP contribution in [0.25, 0.3) is 0 Å².